The van der Waals surface area contributed by atoms with Crippen molar-refractivity contribution in [2.24, 2.45) is 11.8 Å². The minimum Gasteiger partial charge on any atom is -0.467 e. The third-order valence-corrected chi connectivity index (χ3v) is 8.25. The molecule has 0 bridgehead atoms. The van der Waals surface area contributed by atoms with Crippen molar-refractivity contribution in [1.29, 1.82) is 0 Å². The number of methoxy groups -OCH3 is 1. The van der Waals surface area contributed by atoms with Gasteiger partial charge in [0.15, 0.2) is 5.78 Å². The maximum atomic E-state index is 14.1. The van der Waals surface area contributed by atoms with Gasteiger partial charge in [0, 0.05) is 18.3 Å². The van der Waals surface area contributed by atoms with Crippen LogP contribution in [0, 0.1) is 11.8 Å². The summed E-state index contributed by atoms with van der Waals surface area (Å²) < 4.78 is 4.95. The quantitative estimate of drug-likeness (QED) is 0.0631. The largest absolute Gasteiger partial charge is 0.467 e. The molecule has 0 aliphatic rings. The molecule has 2 aromatic rings. The van der Waals surface area contributed by atoms with E-state index in [1.54, 1.807) is 6.82 Å². The zero-order chi connectivity index (χ0) is 35.6. The standard InChI is InChI=1S/C35H54B2N4O7/c1-24(2)21-28(33(43)39-29(35(45)48-6)19-13-14-20-38-36(4)46)23-31(42)30(22-26-15-9-7-10-16-26)40-34(44)32(41-37(5)47)25(3)27-17-11-8-12-18-27/h7-12,15-18,24-25,28-30,32,38,41,46-47H,13-14,19-23H2,1-6H3,(H,39,43)(H,40,44)/t25-,28+,29-,30-,32-/m1/s1. The Balaban J connectivity index is 2.29. The number of ketones is 1. The number of benzene rings is 2. The van der Waals surface area contributed by atoms with Gasteiger partial charge in [-0.05, 0) is 69.3 Å². The Hall–Kier alpha value is -3.51. The number of ether oxygens (including phenoxy) is 1. The average molecular weight is 664 g/mol. The van der Waals surface area contributed by atoms with Crippen LogP contribution < -0.4 is 21.1 Å². The summed E-state index contributed by atoms with van der Waals surface area (Å²) in [6, 6.07) is 16.1. The van der Waals surface area contributed by atoms with Gasteiger partial charge in [0.05, 0.1) is 19.2 Å². The number of amides is 2. The van der Waals surface area contributed by atoms with Crippen molar-refractivity contribution < 1.29 is 34.0 Å². The summed E-state index contributed by atoms with van der Waals surface area (Å²) in [5, 5.41) is 31.2. The molecule has 0 aliphatic heterocycles. The first-order chi connectivity index (χ1) is 22.8. The SMILES string of the molecule is COC(=O)[C@@H](CCCCNB(C)O)NC(=O)[C@H](CC(=O)[C@@H](Cc1ccccc1)NC(=O)[C@H](NB(C)O)[C@H](C)c1ccccc1)CC(C)C. The van der Waals surface area contributed by atoms with Crippen molar-refractivity contribution in [1.82, 2.24) is 21.1 Å². The molecule has 48 heavy (non-hydrogen) atoms. The monoisotopic (exact) mass is 664 g/mol. The Labute approximate surface area is 286 Å². The van der Waals surface area contributed by atoms with E-state index in [4.69, 9.17) is 4.74 Å². The van der Waals surface area contributed by atoms with Crippen molar-refractivity contribution in [3.05, 3.63) is 71.8 Å². The maximum Gasteiger partial charge on any atom is 0.374 e. The predicted octanol–water partition coefficient (Wildman–Crippen LogP) is 2.74. The van der Waals surface area contributed by atoms with E-state index in [0.717, 1.165) is 11.1 Å². The number of hydrogen-bond acceptors (Lipinski definition) is 9. The van der Waals surface area contributed by atoms with Gasteiger partial charge in [-0.2, -0.15) is 0 Å². The summed E-state index contributed by atoms with van der Waals surface area (Å²) in [7, 11) is -0.356. The Kier molecular flexibility index (Phi) is 18.2. The number of rotatable bonds is 22. The van der Waals surface area contributed by atoms with Gasteiger partial charge in [0.1, 0.15) is 6.04 Å². The van der Waals surface area contributed by atoms with Gasteiger partial charge in [-0.1, -0.05) is 81.4 Å². The Morgan fingerprint density at radius 3 is 1.98 bits per heavy atom. The smallest absolute Gasteiger partial charge is 0.374 e. The number of carbonyl (C=O) groups excluding carboxylic acids is 4. The van der Waals surface area contributed by atoms with Crippen LogP contribution in [-0.4, -0.2) is 79.5 Å². The van der Waals surface area contributed by atoms with E-state index in [-0.39, 0.29) is 30.5 Å². The van der Waals surface area contributed by atoms with Crippen molar-refractivity contribution in [2.45, 2.75) is 97.0 Å². The molecule has 13 heteroatoms. The lowest BCUT2D eigenvalue weighted by atomic mass is 9.82. The van der Waals surface area contributed by atoms with Crippen molar-refractivity contribution in [3.8, 4) is 0 Å². The second-order valence-corrected chi connectivity index (χ2v) is 13.0. The molecule has 11 nitrogen and oxygen atoms in total. The Bertz CT molecular complexity index is 1270. The lowest BCUT2D eigenvalue weighted by Gasteiger charge is -2.29. The highest BCUT2D eigenvalue weighted by molar-refractivity contribution is 6.46. The van der Waals surface area contributed by atoms with Crippen molar-refractivity contribution >= 4 is 37.7 Å². The molecule has 0 radical (unpaired) electrons. The first kappa shape index (κ1) is 40.7. The van der Waals surface area contributed by atoms with Crippen LogP contribution in [-0.2, 0) is 30.3 Å². The van der Waals surface area contributed by atoms with Gasteiger partial charge in [-0.15, -0.1) is 0 Å². The zero-order valence-electron chi connectivity index (χ0n) is 29.3. The number of carbonyl (C=O) groups is 4. The molecule has 0 spiro atoms. The highest BCUT2D eigenvalue weighted by Gasteiger charge is 2.34. The fourth-order valence-electron chi connectivity index (χ4n) is 5.72. The van der Waals surface area contributed by atoms with Crippen molar-refractivity contribution in [2.75, 3.05) is 13.7 Å². The van der Waals surface area contributed by atoms with E-state index in [0.29, 0.717) is 32.2 Å². The molecule has 2 rings (SSSR count). The summed E-state index contributed by atoms with van der Waals surface area (Å²) in [6.45, 7) is 9.51. The van der Waals surface area contributed by atoms with Crippen LogP contribution in [0.3, 0.4) is 0 Å². The van der Waals surface area contributed by atoms with Crippen molar-refractivity contribution in [3.63, 3.8) is 0 Å². The van der Waals surface area contributed by atoms with Gasteiger partial charge in [0.2, 0.25) is 11.8 Å². The third-order valence-electron chi connectivity index (χ3n) is 8.25. The summed E-state index contributed by atoms with van der Waals surface area (Å²) >= 11 is 0. The molecular formula is C35H54B2N4O7. The number of Topliss-reactive ketones (excluding diaryl/α,β-unsaturated/α-hetero) is 1. The van der Waals surface area contributed by atoms with E-state index in [1.165, 1.54) is 13.9 Å². The summed E-state index contributed by atoms with van der Waals surface area (Å²) in [5.74, 6) is -2.75. The van der Waals surface area contributed by atoms with E-state index in [1.807, 2.05) is 81.4 Å². The van der Waals surface area contributed by atoms with Crippen LogP contribution in [0.15, 0.2) is 60.7 Å². The lowest BCUT2D eigenvalue weighted by molar-refractivity contribution is -0.146. The van der Waals surface area contributed by atoms with Crippen LogP contribution in [0.2, 0.25) is 13.6 Å². The number of unbranched alkanes of at least 4 members (excludes halogenated alkanes) is 1. The Morgan fingerprint density at radius 1 is 0.812 bits per heavy atom. The second-order valence-electron chi connectivity index (χ2n) is 13.0. The van der Waals surface area contributed by atoms with Crippen LogP contribution in [0.1, 0.15) is 69.9 Å². The van der Waals surface area contributed by atoms with Gasteiger partial charge in [0.25, 0.3) is 0 Å². The molecule has 0 aromatic heterocycles. The fourth-order valence-corrected chi connectivity index (χ4v) is 5.72. The predicted molar refractivity (Wildman–Crippen MR) is 190 cm³/mol. The lowest BCUT2D eigenvalue weighted by Crippen LogP contribution is -2.56. The van der Waals surface area contributed by atoms with E-state index in [2.05, 4.69) is 21.1 Å². The zero-order valence-corrected chi connectivity index (χ0v) is 29.3. The van der Waals surface area contributed by atoms with Crippen LogP contribution in [0.5, 0.6) is 0 Å². The molecule has 0 saturated heterocycles. The molecule has 0 unspecified atom stereocenters. The molecule has 0 saturated carbocycles. The summed E-state index contributed by atoms with van der Waals surface area (Å²) in [5.41, 5.74) is 1.73. The number of nitrogens with one attached hydrogen (secondary N) is 4. The van der Waals surface area contributed by atoms with Gasteiger partial charge >= 0.3 is 20.1 Å². The summed E-state index contributed by atoms with van der Waals surface area (Å²) in [4.78, 5) is 54.1. The third kappa shape index (κ3) is 14.7. The molecule has 6 N–H and O–H groups in total. The van der Waals surface area contributed by atoms with Crippen LogP contribution in [0.4, 0.5) is 0 Å². The topological polar surface area (TPSA) is 166 Å². The van der Waals surface area contributed by atoms with E-state index >= 15 is 0 Å². The van der Waals surface area contributed by atoms with Gasteiger partial charge in [-0.25, -0.2) is 4.79 Å². The minimum atomic E-state index is -0.980. The molecule has 262 valence electrons. The molecule has 0 fully saturated rings. The molecule has 5 atom stereocenters. The minimum absolute atomic E-state index is 0.0742. The highest BCUT2D eigenvalue weighted by Crippen LogP contribution is 2.22. The van der Waals surface area contributed by atoms with Crippen LogP contribution in [0.25, 0.3) is 0 Å². The molecule has 2 aromatic carbocycles. The average Bonchev–Trinajstić information content (AvgIpc) is 3.05. The van der Waals surface area contributed by atoms with E-state index in [9.17, 15) is 29.2 Å². The fraction of sp³-hybridized carbons (Fsp3) is 0.543. The normalized spacial score (nSPS) is 14.3. The first-order valence-corrected chi connectivity index (χ1v) is 17.0. The maximum absolute atomic E-state index is 14.1. The molecule has 0 aliphatic carbocycles. The highest BCUT2D eigenvalue weighted by atomic mass is 16.5. The molecule has 0 heterocycles. The number of hydrogen-bond donors (Lipinski definition) is 6. The second kappa shape index (κ2) is 21.5. The summed E-state index contributed by atoms with van der Waals surface area (Å²) in [6.07, 6.45) is 2.09. The first-order valence-electron chi connectivity index (χ1n) is 17.0. The van der Waals surface area contributed by atoms with Crippen LogP contribution >= 0.6 is 0 Å². The van der Waals surface area contributed by atoms with E-state index < -0.39 is 55.9 Å². The van der Waals surface area contributed by atoms with Gasteiger partial charge in [-0.3, -0.25) is 14.4 Å². The Morgan fingerprint density at radius 2 is 1.42 bits per heavy atom. The molecular weight excluding hydrogens is 610 g/mol. The van der Waals surface area contributed by atoms with Gasteiger partial charge < -0.3 is 35.9 Å². The number of esters is 1. The molecule has 2 amide bonds.